The van der Waals surface area contributed by atoms with Crippen LogP contribution in [0.1, 0.15) is 53.5 Å². The van der Waals surface area contributed by atoms with Crippen LogP contribution < -0.4 is 0 Å². The molecule has 0 aliphatic heterocycles. The molecule has 0 radical (unpaired) electrons. The van der Waals surface area contributed by atoms with E-state index in [0.29, 0.717) is 5.56 Å². The largest absolute Gasteiger partial charge is 0.192 e. The van der Waals surface area contributed by atoms with Crippen molar-refractivity contribution >= 4 is 16.7 Å². The van der Waals surface area contributed by atoms with E-state index in [4.69, 9.17) is 6.58 Å². The molecule has 5 aliphatic rings. The van der Waals surface area contributed by atoms with E-state index in [9.17, 15) is 5.26 Å². The number of rotatable bonds is 3. The molecule has 5 aliphatic carbocycles. The van der Waals surface area contributed by atoms with Gasteiger partial charge in [-0.05, 0) is 117 Å². The normalized spacial score (nSPS) is 21.5. The van der Waals surface area contributed by atoms with Crippen LogP contribution >= 0.6 is 0 Å². The summed E-state index contributed by atoms with van der Waals surface area (Å²) < 4.78 is 0. The first kappa shape index (κ1) is 26.4. The van der Waals surface area contributed by atoms with Gasteiger partial charge in [-0.2, -0.15) is 5.26 Å². The first-order chi connectivity index (χ1) is 21.7. The Bertz CT molecular complexity index is 2040. The van der Waals surface area contributed by atoms with Gasteiger partial charge in [-0.1, -0.05) is 121 Å². The molecule has 44 heavy (non-hydrogen) atoms. The summed E-state index contributed by atoms with van der Waals surface area (Å²) in [5, 5.41) is 9.34. The Morgan fingerprint density at radius 1 is 0.750 bits per heavy atom. The molecule has 0 heterocycles. The fraction of sp³-hybridized carbons (Fsp3) is 0.140. The quantitative estimate of drug-likeness (QED) is 0.311. The summed E-state index contributed by atoms with van der Waals surface area (Å²) >= 11 is 0. The van der Waals surface area contributed by atoms with Gasteiger partial charge in [0.25, 0.3) is 0 Å². The summed E-state index contributed by atoms with van der Waals surface area (Å²) in [6.07, 6.45) is 25.8. The SMILES string of the molecule is C=C1C(c2ccc3c(c2)C2=C(CCC=C2c2ccc(-c4cccc(C#N)c4)cc2)C3)=CC=C2C=CC3=C(CC/C=C\C=C/3)C12. The zero-order chi connectivity index (χ0) is 29.6. The first-order valence-corrected chi connectivity index (χ1v) is 15.7. The Morgan fingerprint density at radius 2 is 1.61 bits per heavy atom. The van der Waals surface area contributed by atoms with Crippen molar-refractivity contribution in [1.29, 1.82) is 5.26 Å². The van der Waals surface area contributed by atoms with E-state index in [1.54, 1.807) is 5.57 Å². The Morgan fingerprint density at radius 3 is 2.50 bits per heavy atom. The van der Waals surface area contributed by atoms with Crippen molar-refractivity contribution in [2.45, 2.75) is 32.1 Å². The predicted octanol–water partition coefficient (Wildman–Crippen LogP) is 10.7. The number of benzene rings is 3. The minimum absolute atomic E-state index is 0.242. The van der Waals surface area contributed by atoms with E-state index in [2.05, 4.69) is 109 Å². The minimum atomic E-state index is 0.242. The van der Waals surface area contributed by atoms with Crippen LogP contribution in [-0.2, 0) is 6.42 Å². The summed E-state index contributed by atoms with van der Waals surface area (Å²) in [6.45, 7) is 4.72. The van der Waals surface area contributed by atoms with Gasteiger partial charge in [0.15, 0.2) is 0 Å². The first-order valence-electron chi connectivity index (χ1n) is 15.7. The summed E-state index contributed by atoms with van der Waals surface area (Å²) in [6, 6.07) is 26.1. The number of fused-ring (bicyclic) bond motifs is 4. The van der Waals surface area contributed by atoms with Crippen molar-refractivity contribution in [3.63, 3.8) is 0 Å². The topological polar surface area (TPSA) is 23.8 Å². The van der Waals surface area contributed by atoms with Crippen molar-refractivity contribution in [3.8, 4) is 17.2 Å². The highest BCUT2D eigenvalue weighted by atomic mass is 14.4. The van der Waals surface area contributed by atoms with Crippen LogP contribution in [0.5, 0.6) is 0 Å². The van der Waals surface area contributed by atoms with E-state index in [1.807, 2.05) is 18.2 Å². The lowest BCUT2D eigenvalue weighted by Crippen LogP contribution is -2.17. The summed E-state index contributed by atoms with van der Waals surface area (Å²) in [7, 11) is 0. The fourth-order valence-electron chi connectivity index (χ4n) is 7.62. The van der Waals surface area contributed by atoms with Gasteiger partial charge in [0, 0.05) is 5.92 Å². The highest BCUT2D eigenvalue weighted by Crippen LogP contribution is 2.49. The molecular formula is C43H33N. The average molecular weight is 564 g/mol. The van der Waals surface area contributed by atoms with Gasteiger partial charge in [-0.3, -0.25) is 0 Å². The third-order valence-electron chi connectivity index (χ3n) is 9.78. The molecule has 3 aromatic carbocycles. The van der Waals surface area contributed by atoms with Crippen LogP contribution in [0.25, 0.3) is 27.8 Å². The van der Waals surface area contributed by atoms with Crippen LogP contribution in [0.3, 0.4) is 0 Å². The van der Waals surface area contributed by atoms with Gasteiger partial charge in [0.05, 0.1) is 11.6 Å². The molecule has 0 N–H and O–H groups in total. The molecule has 3 aromatic rings. The number of hydrogen-bond donors (Lipinski definition) is 0. The molecule has 1 unspecified atom stereocenters. The Hall–Kier alpha value is -5.19. The zero-order valence-corrected chi connectivity index (χ0v) is 24.8. The van der Waals surface area contributed by atoms with Gasteiger partial charge in [-0.15, -0.1) is 0 Å². The molecule has 210 valence electrons. The molecule has 0 saturated carbocycles. The van der Waals surface area contributed by atoms with Gasteiger partial charge < -0.3 is 0 Å². The average Bonchev–Trinajstić information content (AvgIpc) is 3.43. The van der Waals surface area contributed by atoms with Crippen molar-refractivity contribution in [2.24, 2.45) is 5.92 Å². The Kier molecular flexibility index (Phi) is 6.50. The van der Waals surface area contributed by atoms with E-state index < -0.39 is 0 Å². The highest BCUT2D eigenvalue weighted by Gasteiger charge is 2.31. The lowest BCUT2D eigenvalue weighted by atomic mass is 9.71. The molecule has 1 atom stereocenters. The molecule has 0 bridgehead atoms. The number of nitrogens with zero attached hydrogens (tertiary/aromatic N) is 1. The molecule has 1 nitrogen and oxygen atoms in total. The third-order valence-corrected chi connectivity index (χ3v) is 9.78. The molecule has 0 saturated heterocycles. The number of hydrogen-bond acceptors (Lipinski definition) is 1. The Balaban J connectivity index is 1.13. The molecule has 0 spiro atoms. The third kappa shape index (κ3) is 4.47. The minimum Gasteiger partial charge on any atom is -0.192 e. The van der Waals surface area contributed by atoms with Crippen LogP contribution in [0.2, 0.25) is 0 Å². The van der Waals surface area contributed by atoms with Gasteiger partial charge >= 0.3 is 0 Å². The van der Waals surface area contributed by atoms with E-state index >= 15 is 0 Å². The molecule has 0 aromatic heterocycles. The second-order valence-corrected chi connectivity index (χ2v) is 12.3. The zero-order valence-electron chi connectivity index (χ0n) is 24.8. The van der Waals surface area contributed by atoms with Crippen molar-refractivity contribution < 1.29 is 0 Å². The fourth-order valence-corrected chi connectivity index (χ4v) is 7.62. The maximum Gasteiger partial charge on any atom is 0.0991 e. The maximum atomic E-state index is 9.34. The summed E-state index contributed by atoms with van der Waals surface area (Å²) in [5.74, 6) is 0.242. The van der Waals surface area contributed by atoms with Crippen molar-refractivity contribution in [2.75, 3.05) is 0 Å². The second-order valence-electron chi connectivity index (χ2n) is 12.3. The molecule has 0 fully saturated rings. The summed E-state index contributed by atoms with van der Waals surface area (Å²) in [4.78, 5) is 0. The maximum absolute atomic E-state index is 9.34. The predicted molar refractivity (Wildman–Crippen MR) is 183 cm³/mol. The molecular weight excluding hydrogens is 530 g/mol. The standard InChI is InChI=1S/C43H33N/c1-28-38(23-22-33-19-18-31-9-4-2-3-5-12-39(31)42(28)33)36-21-20-35-25-37-11-7-13-40(43(37)41(35)26-36)32-16-14-30(15-17-32)34-10-6-8-29(24-34)27-44/h2-4,6,8-10,13-24,26,42H,1,5,7,11-12,25H2/b3-2-,9-4-. The van der Waals surface area contributed by atoms with Crippen molar-refractivity contribution in [3.05, 3.63) is 184 Å². The van der Waals surface area contributed by atoms with Crippen LogP contribution in [0, 0.1) is 17.2 Å². The number of allylic oxidation sites excluding steroid dienone is 17. The lowest BCUT2D eigenvalue weighted by Gasteiger charge is -2.33. The molecule has 1 heteroatoms. The lowest BCUT2D eigenvalue weighted by molar-refractivity contribution is 0.779. The molecule has 0 amide bonds. The van der Waals surface area contributed by atoms with Crippen LogP contribution in [0.4, 0.5) is 0 Å². The molecule has 8 rings (SSSR count). The monoisotopic (exact) mass is 563 g/mol. The summed E-state index contributed by atoms with van der Waals surface area (Å²) in [5.41, 5.74) is 19.2. The van der Waals surface area contributed by atoms with Gasteiger partial charge in [0.2, 0.25) is 0 Å². The van der Waals surface area contributed by atoms with E-state index in [0.717, 1.165) is 43.2 Å². The van der Waals surface area contributed by atoms with Crippen molar-refractivity contribution in [1.82, 2.24) is 0 Å². The number of nitriles is 1. The smallest absolute Gasteiger partial charge is 0.0991 e. The second kappa shape index (κ2) is 10.8. The van der Waals surface area contributed by atoms with E-state index in [1.165, 1.54) is 61.3 Å². The van der Waals surface area contributed by atoms with Gasteiger partial charge in [-0.25, -0.2) is 0 Å². The van der Waals surface area contributed by atoms with Crippen LogP contribution in [0.15, 0.2) is 156 Å². The van der Waals surface area contributed by atoms with Gasteiger partial charge in [0.1, 0.15) is 0 Å². The van der Waals surface area contributed by atoms with Crippen LogP contribution in [-0.4, -0.2) is 0 Å². The Labute approximate surface area is 260 Å². The van der Waals surface area contributed by atoms with E-state index in [-0.39, 0.29) is 5.92 Å². The highest BCUT2D eigenvalue weighted by molar-refractivity contribution is 6.09.